The van der Waals surface area contributed by atoms with Crippen molar-refractivity contribution >= 4 is 0 Å². The molecule has 3 heteroatoms. The molecule has 20 heavy (non-hydrogen) atoms. The summed E-state index contributed by atoms with van der Waals surface area (Å²) in [6, 6.07) is 2.21. The summed E-state index contributed by atoms with van der Waals surface area (Å²) in [6.07, 6.45) is 11.5. The van der Waals surface area contributed by atoms with Crippen LogP contribution >= 0.6 is 0 Å². The van der Waals surface area contributed by atoms with Gasteiger partial charge >= 0.3 is 0 Å². The molecular formula is C17H27N3. The molecule has 1 fully saturated rings. The van der Waals surface area contributed by atoms with Crippen LogP contribution in [0.5, 0.6) is 0 Å². The van der Waals surface area contributed by atoms with Crippen LogP contribution in [-0.2, 0) is 0 Å². The molecule has 0 atom stereocenters. The van der Waals surface area contributed by atoms with E-state index in [1.54, 1.807) is 0 Å². The zero-order chi connectivity index (χ0) is 14.6. The van der Waals surface area contributed by atoms with Crippen molar-refractivity contribution in [3.8, 4) is 6.07 Å². The minimum absolute atomic E-state index is 0.191. The lowest BCUT2D eigenvalue weighted by Gasteiger charge is -2.44. The van der Waals surface area contributed by atoms with E-state index in [4.69, 9.17) is 11.0 Å². The zero-order valence-electron chi connectivity index (χ0n) is 12.9. The molecule has 1 saturated carbocycles. The van der Waals surface area contributed by atoms with Gasteiger partial charge in [-0.2, -0.15) is 5.26 Å². The van der Waals surface area contributed by atoms with Gasteiger partial charge in [-0.25, -0.2) is 0 Å². The lowest BCUT2D eigenvalue weighted by molar-refractivity contribution is 0.0935. The Labute approximate surface area is 123 Å². The van der Waals surface area contributed by atoms with Crippen molar-refractivity contribution in [2.24, 2.45) is 11.7 Å². The minimum atomic E-state index is 0.191. The van der Waals surface area contributed by atoms with E-state index in [0.717, 1.165) is 31.0 Å². The first-order valence-electron chi connectivity index (χ1n) is 7.83. The van der Waals surface area contributed by atoms with Gasteiger partial charge in [0.15, 0.2) is 0 Å². The molecule has 1 aliphatic carbocycles. The fourth-order valence-electron chi connectivity index (χ4n) is 3.39. The fourth-order valence-corrected chi connectivity index (χ4v) is 3.39. The summed E-state index contributed by atoms with van der Waals surface area (Å²) in [5, 5.41) is 9.16. The third-order valence-electron chi connectivity index (χ3n) is 4.90. The molecule has 2 rings (SSSR count). The molecule has 0 spiro atoms. The summed E-state index contributed by atoms with van der Waals surface area (Å²) in [4.78, 5) is 2.55. The molecule has 1 aliphatic heterocycles. The summed E-state index contributed by atoms with van der Waals surface area (Å²) < 4.78 is 0. The van der Waals surface area contributed by atoms with Crippen LogP contribution < -0.4 is 5.73 Å². The van der Waals surface area contributed by atoms with E-state index >= 15 is 0 Å². The number of rotatable bonds is 3. The maximum absolute atomic E-state index is 9.16. The molecule has 0 bridgehead atoms. The highest BCUT2D eigenvalue weighted by molar-refractivity contribution is 5.43. The van der Waals surface area contributed by atoms with Gasteiger partial charge in [0.05, 0.1) is 5.57 Å². The third kappa shape index (κ3) is 3.43. The second-order valence-electron chi connectivity index (χ2n) is 6.82. The van der Waals surface area contributed by atoms with Gasteiger partial charge < -0.3 is 5.73 Å². The van der Waals surface area contributed by atoms with Gasteiger partial charge in [0.1, 0.15) is 6.07 Å². The minimum Gasteiger partial charge on any atom is -0.404 e. The average Bonchev–Trinajstić information content (AvgIpc) is 2.45. The predicted octanol–water partition coefficient (Wildman–Crippen LogP) is 3.34. The summed E-state index contributed by atoms with van der Waals surface area (Å²) in [5.41, 5.74) is 7.49. The van der Waals surface area contributed by atoms with Gasteiger partial charge in [-0.1, -0.05) is 25.3 Å². The Kier molecular flexibility index (Phi) is 4.88. The number of nitriles is 1. The van der Waals surface area contributed by atoms with E-state index in [0.29, 0.717) is 5.57 Å². The molecule has 0 saturated heterocycles. The molecule has 0 aromatic rings. The molecular weight excluding hydrogens is 246 g/mol. The second-order valence-corrected chi connectivity index (χ2v) is 6.82. The molecule has 3 nitrogen and oxygen atoms in total. The maximum Gasteiger partial charge on any atom is 0.101 e. The van der Waals surface area contributed by atoms with Crippen LogP contribution in [0.4, 0.5) is 0 Å². The summed E-state index contributed by atoms with van der Waals surface area (Å²) in [5.74, 6) is 0.828. The van der Waals surface area contributed by atoms with Gasteiger partial charge in [0, 0.05) is 24.8 Å². The van der Waals surface area contributed by atoms with Crippen LogP contribution in [0.15, 0.2) is 23.4 Å². The Morgan fingerprint density at radius 1 is 1.45 bits per heavy atom. The average molecular weight is 273 g/mol. The Morgan fingerprint density at radius 3 is 2.75 bits per heavy atom. The molecule has 1 heterocycles. The first kappa shape index (κ1) is 15.1. The van der Waals surface area contributed by atoms with Crippen LogP contribution in [-0.4, -0.2) is 23.5 Å². The number of hydrogen-bond donors (Lipinski definition) is 1. The van der Waals surface area contributed by atoms with Gasteiger partial charge in [-0.3, -0.25) is 4.90 Å². The van der Waals surface area contributed by atoms with Crippen molar-refractivity contribution in [1.29, 1.82) is 5.26 Å². The molecule has 110 valence electrons. The van der Waals surface area contributed by atoms with E-state index in [2.05, 4.69) is 30.9 Å². The van der Waals surface area contributed by atoms with Crippen LogP contribution in [0.25, 0.3) is 0 Å². The molecule has 0 unspecified atom stereocenters. The van der Waals surface area contributed by atoms with E-state index in [1.165, 1.54) is 38.3 Å². The van der Waals surface area contributed by atoms with E-state index in [9.17, 15) is 0 Å². The van der Waals surface area contributed by atoms with Gasteiger partial charge in [-0.15, -0.1) is 0 Å². The van der Waals surface area contributed by atoms with E-state index in [-0.39, 0.29) is 5.54 Å². The Hall–Kier alpha value is -1.27. The van der Waals surface area contributed by atoms with Crippen LogP contribution in [0, 0.1) is 17.2 Å². The number of nitrogens with zero attached hydrogens (tertiary/aromatic N) is 2. The summed E-state index contributed by atoms with van der Waals surface area (Å²) in [6.45, 7) is 6.64. The van der Waals surface area contributed by atoms with Crippen molar-refractivity contribution in [3.05, 3.63) is 23.4 Å². The van der Waals surface area contributed by atoms with Crippen molar-refractivity contribution in [2.75, 3.05) is 13.1 Å². The molecule has 2 N–H and O–H groups in total. The smallest absolute Gasteiger partial charge is 0.101 e. The zero-order valence-corrected chi connectivity index (χ0v) is 12.9. The van der Waals surface area contributed by atoms with Crippen LogP contribution in [0.1, 0.15) is 52.4 Å². The SMILES string of the molecule is CC1(C)CC=C(C(C#N)=CN)CN1CC1CCCCC1. The quantitative estimate of drug-likeness (QED) is 0.802. The van der Waals surface area contributed by atoms with Crippen molar-refractivity contribution in [1.82, 2.24) is 4.90 Å². The highest BCUT2D eigenvalue weighted by Gasteiger charge is 2.32. The maximum atomic E-state index is 9.16. The van der Waals surface area contributed by atoms with Gasteiger partial charge in [-0.05, 0) is 44.6 Å². The molecule has 0 aromatic carbocycles. The largest absolute Gasteiger partial charge is 0.404 e. The van der Waals surface area contributed by atoms with Gasteiger partial charge in [0.2, 0.25) is 0 Å². The molecule has 2 aliphatic rings. The predicted molar refractivity (Wildman–Crippen MR) is 82.8 cm³/mol. The normalized spacial score (nSPS) is 25.1. The lowest BCUT2D eigenvalue weighted by Crippen LogP contribution is -2.49. The Bertz CT molecular complexity index is 434. The fraction of sp³-hybridized carbons (Fsp3) is 0.706. The molecule has 0 radical (unpaired) electrons. The number of nitrogens with two attached hydrogens (primary N) is 1. The Balaban J connectivity index is 2.07. The summed E-state index contributed by atoms with van der Waals surface area (Å²) >= 11 is 0. The van der Waals surface area contributed by atoms with E-state index < -0.39 is 0 Å². The first-order chi connectivity index (χ1) is 9.56. The van der Waals surface area contributed by atoms with Crippen LogP contribution in [0.3, 0.4) is 0 Å². The second kappa shape index (κ2) is 6.45. The third-order valence-corrected chi connectivity index (χ3v) is 4.90. The van der Waals surface area contributed by atoms with Crippen LogP contribution in [0.2, 0.25) is 0 Å². The van der Waals surface area contributed by atoms with E-state index in [1.807, 2.05) is 0 Å². The molecule has 0 aromatic heterocycles. The highest BCUT2D eigenvalue weighted by Crippen LogP contribution is 2.32. The van der Waals surface area contributed by atoms with Crippen molar-refractivity contribution in [3.63, 3.8) is 0 Å². The monoisotopic (exact) mass is 273 g/mol. The van der Waals surface area contributed by atoms with Crippen molar-refractivity contribution < 1.29 is 0 Å². The van der Waals surface area contributed by atoms with Crippen molar-refractivity contribution in [2.45, 2.75) is 57.9 Å². The first-order valence-corrected chi connectivity index (χ1v) is 7.83. The van der Waals surface area contributed by atoms with Gasteiger partial charge in [0.25, 0.3) is 0 Å². The topological polar surface area (TPSA) is 53.1 Å². The highest BCUT2D eigenvalue weighted by atomic mass is 15.2. The summed E-state index contributed by atoms with van der Waals surface area (Å²) in [7, 11) is 0. The molecule has 0 amide bonds. The Morgan fingerprint density at radius 2 is 2.15 bits per heavy atom. The standard InChI is InChI=1S/C17H27N3/c1-17(2)9-8-15(16(10-18)11-19)13-20(17)12-14-6-4-3-5-7-14/h8,10,14H,3-7,9,12-13,18H2,1-2H3. The number of hydrogen-bond acceptors (Lipinski definition) is 3. The lowest BCUT2D eigenvalue weighted by atomic mass is 9.84.